The van der Waals surface area contributed by atoms with Crippen molar-refractivity contribution in [3.8, 4) is 5.69 Å². The fourth-order valence-corrected chi connectivity index (χ4v) is 2.37. The predicted octanol–water partition coefficient (Wildman–Crippen LogP) is 2.61. The Kier molecular flexibility index (Phi) is 4.31. The summed E-state index contributed by atoms with van der Waals surface area (Å²) in [6.45, 7) is 3.82. The van der Waals surface area contributed by atoms with Gasteiger partial charge in [-0.3, -0.25) is 0 Å². The molecule has 2 aromatic rings. The Morgan fingerprint density at radius 2 is 2.19 bits per heavy atom. The summed E-state index contributed by atoms with van der Waals surface area (Å²) in [6.07, 6.45) is 5.97. The lowest BCUT2D eigenvalue weighted by molar-refractivity contribution is 0.214. The van der Waals surface area contributed by atoms with Crippen molar-refractivity contribution in [1.82, 2.24) is 20.3 Å². The van der Waals surface area contributed by atoms with Crippen LogP contribution in [0.2, 0.25) is 0 Å². The summed E-state index contributed by atoms with van der Waals surface area (Å²) >= 11 is 0. The molecule has 1 aromatic carbocycles. The molecule has 1 aliphatic rings. The first-order valence-corrected chi connectivity index (χ1v) is 7.42. The van der Waals surface area contributed by atoms with Gasteiger partial charge in [-0.25, -0.2) is 0 Å². The van der Waals surface area contributed by atoms with E-state index in [9.17, 15) is 0 Å². The Bertz CT molecular complexity index is 606. The van der Waals surface area contributed by atoms with Crippen molar-refractivity contribution in [1.29, 1.82) is 0 Å². The Labute approximate surface area is 124 Å². The third-order valence-corrected chi connectivity index (χ3v) is 3.41. The first-order chi connectivity index (χ1) is 10.4. The quantitative estimate of drug-likeness (QED) is 0.886. The fourth-order valence-electron chi connectivity index (χ4n) is 2.37. The molecule has 5 heteroatoms. The molecule has 1 aliphatic heterocycles. The lowest BCUT2D eigenvalue weighted by atomic mass is 10.1. The molecule has 0 saturated heterocycles. The van der Waals surface area contributed by atoms with Gasteiger partial charge >= 0.3 is 0 Å². The number of ether oxygens (including phenoxy) is 1. The highest BCUT2D eigenvalue weighted by molar-refractivity contribution is 5.29. The molecule has 2 heterocycles. The monoisotopic (exact) mass is 284 g/mol. The number of hydrogen-bond acceptors (Lipinski definition) is 4. The highest BCUT2D eigenvalue weighted by Gasteiger charge is 2.23. The molecule has 1 atom stereocenters. The van der Waals surface area contributed by atoms with Crippen molar-refractivity contribution in [3.05, 3.63) is 54.1 Å². The number of nitrogens with one attached hydrogen (secondary N) is 1. The summed E-state index contributed by atoms with van der Waals surface area (Å²) < 4.78 is 5.70. The SMILES string of the molecule is CCCNC(C1=CCCO1)c1cnn(-c2ccccc2)n1. The molecule has 0 bridgehead atoms. The average Bonchev–Trinajstić information content (AvgIpc) is 3.21. The second-order valence-corrected chi connectivity index (χ2v) is 5.03. The van der Waals surface area contributed by atoms with E-state index >= 15 is 0 Å². The Balaban J connectivity index is 1.84. The molecule has 0 saturated carbocycles. The number of rotatable bonds is 6. The summed E-state index contributed by atoms with van der Waals surface area (Å²) in [7, 11) is 0. The van der Waals surface area contributed by atoms with E-state index in [0.29, 0.717) is 0 Å². The van der Waals surface area contributed by atoms with Gasteiger partial charge in [-0.2, -0.15) is 15.0 Å². The minimum Gasteiger partial charge on any atom is -0.496 e. The van der Waals surface area contributed by atoms with Crippen LogP contribution in [0.3, 0.4) is 0 Å². The first-order valence-electron chi connectivity index (χ1n) is 7.42. The Morgan fingerprint density at radius 1 is 1.33 bits per heavy atom. The van der Waals surface area contributed by atoms with Crippen LogP contribution in [0.1, 0.15) is 31.5 Å². The van der Waals surface area contributed by atoms with Crippen LogP contribution in [0.5, 0.6) is 0 Å². The maximum absolute atomic E-state index is 5.70. The van der Waals surface area contributed by atoms with Crippen molar-refractivity contribution in [2.24, 2.45) is 0 Å². The highest BCUT2D eigenvalue weighted by atomic mass is 16.5. The molecular formula is C16H20N4O. The van der Waals surface area contributed by atoms with E-state index in [1.807, 2.05) is 36.5 Å². The van der Waals surface area contributed by atoms with E-state index in [1.165, 1.54) is 0 Å². The zero-order chi connectivity index (χ0) is 14.5. The van der Waals surface area contributed by atoms with Crippen LogP contribution in [0.4, 0.5) is 0 Å². The van der Waals surface area contributed by atoms with Crippen molar-refractivity contribution in [2.45, 2.75) is 25.8 Å². The van der Waals surface area contributed by atoms with E-state index in [4.69, 9.17) is 4.74 Å². The summed E-state index contributed by atoms with van der Waals surface area (Å²) in [6, 6.07) is 9.91. The molecule has 0 fully saturated rings. The van der Waals surface area contributed by atoms with Gasteiger partial charge in [0.15, 0.2) is 0 Å². The lowest BCUT2D eigenvalue weighted by Crippen LogP contribution is -2.24. The van der Waals surface area contributed by atoms with E-state index < -0.39 is 0 Å². The lowest BCUT2D eigenvalue weighted by Gasteiger charge is -2.17. The van der Waals surface area contributed by atoms with Crippen LogP contribution in [-0.2, 0) is 4.74 Å². The molecule has 3 rings (SSSR count). The maximum Gasteiger partial charge on any atom is 0.115 e. The standard InChI is InChI=1S/C16H20N4O/c1-2-10-17-16(15-9-6-11-21-15)14-12-18-20(19-14)13-7-4-3-5-8-13/h3-5,7-9,12,16-17H,2,6,10-11H2,1H3. The molecule has 110 valence electrons. The summed E-state index contributed by atoms with van der Waals surface area (Å²) in [4.78, 5) is 1.66. The first kappa shape index (κ1) is 13.8. The van der Waals surface area contributed by atoms with Crippen LogP contribution in [0, 0.1) is 0 Å². The van der Waals surface area contributed by atoms with Crippen LogP contribution < -0.4 is 5.32 Å². The Morgan fingerprint density at radius 3 is 2.90 bits per heavy atom. The van der Waals surface area contributed by atoms with Gasteiger partial charge in [0.1, 0.15) is 17.5 Å². The van der Waals surface area contributed by atoms with E-state index in [-0.39, 0.29) is 6.04 Å². The van der Waals surface area contributed by atoms with Gasteiger partial charge in [0.05, 0.1) is 18.5 Å². The van der Waals surface area contributed by atoms with Crippen LogP contribution >= 0.6 is 0 Å². The minimum atomic E-state index is -0.00934. The van der Waals surface area contributed by atoms with Gasteiger partial charge in [0.2, 0.25) is 0 Å². The van der Waals surface area contributed by atoms with Crippen molar-refractivity contribution < 1.29 is 4.74 Å². The topological polar surface area (TPSA) is 52.0 Å². The molecule has 0 amide bonds. The molecule has 1 unspecified atom stereocenters. The van der Waals surface area contributed by atoms with Crippen molar-refractivity contribution in [2.75, 3.05) is 13.2 Å². The molecular weight excluding hydrogens is 264 g/mol. The molecule has 21 heavy (non-hydrogen) atoms. The van der Waals surface area contributed by atoms with E-state index in [1.54, 1.807) is 4.80 Å². The van der Waals surface area contributed by atoms with Gasteiger partial charge in [-0.15, -0.1) is 0 Å². The van der Waals surface area contributed by atoms with Gasteiger partial charge in [0, 0.05) is 6.42 Å². The molecule has 5 nitrogen and oxygen atoms in total. The number of nitrogens with zero attached hydrogens (tertiary/aromatic N) is 3. The summed E-state index contributed by atoms with van der Waals surface area (Å²) in [5.74, 6) is 0.962. The second kappa shape index (κ2) is 6.54. The van der Waals surface area contributed by atoms with E-state index in [2.05, 4.69) is 28.5 Å². The van der Waals surface area contributed by atoms with Crippen LogP contribution in [0.25, 0.3) is 5.69 Å². The average molecular weight is 284 g/mol. The molecule has 0 aliphatic carbocycles. The fraction of sp³-hybridized carbons (Fsp3) is 0.375. The zero-order valence-corrected chi connectivity index (χ0v) is 12.2. The van der Waals surface area contributed by atoms with Crippen LogP contribution in [0.15, 0.2) is 48.4 Å². The van der Waals surface area contributed by atoms with Gasteiger partial charge < -0.3 is 10.1 Å². The maximum atomic E-state index is 5.70. The van der Waals surface area contributed by atoms with Gasteiger partial charge in [-0.1, -0.05) is 25.1 Å². The largest absolute Gasteiger partial charge is 0.496 e. The normalized spacial score (nSPS) is 15.6. The van der Waals surface area contributed by atoms with Crippen molar-refractivity contribution in [3.63, 3.8) is 0 Å². The summed E-state index contributed by atoms with van der Waals surface area (Å²) in [5.41, 5.74) is 1.85. The number of aromatic nitrogens is 3. The zero-order valence-electron chi connectivity index (χ0n) is 12.2. The molecule has 1 aromatic heterocycles. The van der Waals surface area contributed by atoms with E-state index in [0.717, 1.165) is 43.1 Å². The van der Waals surface area contributed by atoms with Gasteiger partial charge in [0.25, 0.3) is 0 Å². The number of hydrogen-bond donors (Lipinski definition) is 1. The smallest absolute Gasteiger partial charge is 0.115 e. The third-order valence-electron chi connectivity index (χ3n) is 3.41. The Hall–Kier alpha value is -2.14. The minimum absolute atomic E-state index is 0.00934. The van der Waals surface area contributed by atoms with Crippen LogP contribution in [-0.4, -0.2) is 28.1 Å². The molecule has 0 radical (unpaired) electrons. The number of benzene rings is 1. The molecule has 1 N–H and O–H groups in total. The highest BCUT2D eigenvalue weighted by Crippen LogP contribution is 2.25. The number of para-hydroxylation sites is 1. The summed E-state index contributed by atoms with van der Waals surface area (Å²) in [5, 5.41) is 12.5. The second-order valence-electron chi connectivity index (χ2n) is 5.03. The molecule has 0 spiro atoms. The third kappa shape index (κ3) is 3.13. The predicted molar refractivity (Wildman–Crippen MR) is 81.0 cm³/mol. The van der Waals surface area contributed by atoms with Crippen molar-refractivity contribution >= 4 is 0 Å². The van der Waals surface area contributed by atoms with Gasteiger partial charge in [-0.05, 0) is 31.2 Å².